The van der Waals surface area contributed by atoms with E-state index in [0.29, 0.717) is 11.3 Å². The normalized spacial score (nSPS) is 10.7. The summed E-state index contributed by atoms with van der Waals surface area (Å²) in [5.41, 5.74) is 0.238. The van der Waals surface area contributed by atoms with Crippen molar-refractivity contribution in [2.24, 2.45) is 7.05 Å². The zero-order valence-corrected chi connectivity index (χ0v) is 12.5. The SMILES string of the molecule is Cc1cccc(NC(=O)c2nn(C)c3ccc(F)cc3c2=O)n1. The van der Waals surface area contributed by atoms with Crippen LogP contribution in [0.3, 0.4) is 0 Å². The fourth-order valence-corrected chi connectivity index (χ4v) is 2.29. The summed E-state index contributed by atoms with van der Waals surface area (Å²) in [6.45, 7) is 1.78. The molecule has 7 heteroatoms. The van der Waals surface area contributed by atoms with E-state index in [1.165, 1.54) is 16.8 Å². The van der Waals surface area contributed by atoms with Crippen molar-refractivity contribution in [1.29, 1.82) is 0 Å². The third kappa shape index (κ3) is 2.80. The first-order valence-corrected chi connectivity index (χ1v) is 6.87. The van der Waals surface area contributed by atoms with Crippen LogP contribution in [0.2, 0.25) is 0 Å². The van der Waals surface area contributed by atoms with E-state index < -0.39 is 17.2 Å². The van der Waals surface area contributed by atoms with Crippen LogP contribution in [-0.4, -0.2) is 20.7 Å². The number of anilines is 1. The van der Waals surface area contributed by atoms with Crippen molar-refractivity contribution < 1.29 is 9.18 Å². The minimum absolute atomic E-state index is 0.102. The van der Waals surface area contributed by atoms with E-state index in [2.05, 4.69) is 15.4 Å². The molecular formula is C16H13FN4O2. The van der Waals surface area contributed by atoms with Crippen molar-refractivity contribution in [3.8, 4) is 0 Å². The predicted octanol–water partition coefficient (Wildman–Crippen LogP) is 2.03. The van der Waals surface area contributed by atoms with Crippen molar-refractivity contribution in [3.63, 3.8) is 0 Å². The molecule has 6 nitrogen and oxygen atoms in total. The Morgan fingerprint density at radius 3 is 2.78 bits per heavy atom. The molecule has 0 fully saturated rings. The third-order valence-corrected chi connectivity index (χ3v) is 3.36. The number of rotatable bonds is 2. The molecule has 0 bridgehead atoms. The quantitative estimate of drug-likeness (QED) is 0.785. The van der Waals surface area contributed by atoms with Crippen LogP contribution in [0, 0.1) is 12.7 Å². The van der Waals surface area contributed by atoms with Gasteiger partial charge in [-0.1, -0.05) is 6.07 Å². The summed E-state index contributed by atoms with van der Waals surface area (Å²) in [6, 6.07) is 8.91. The molecule has 1 amide bonds. The highest BCUT2D eigenvalue weighted by atomic mass is 19.1. The van der Waals surface area contributed by atoms with E-state index in [1.54, 1.807) is 32.2 Å². The highest BCUT2D eigenvalue weighted by Crippen LogP contribution is 2.12. The molecule has 0 radical (unpaired) electrons. The third-order valence-electron chi connectivity index (χ3n) is 3.36. The maximum absolute atomic E-state index is 13.4. The largest absolute Gasteiger partial charge is 0.305 e. The lowest BCUT2D eigenvalue weighted by molar-refractivity contribution is 0.101. The minimum Gasteiger partial charge on any atom is -0.305 e. The number of hydrogen-bond acceptors (Lipinski definition) is 4. The molecule has 0 saturated carbocycles. The second kappa shape index (κ2) is 5.60. The van der Waals surface area contributed by atoms with E-state index in [9.17, 15) is 14.0 Å². The van der Waals surface area contributed by atoms with Gasteiger partial charge in [-0.2, -0.15) is 5.10 Å². The molecule has 0 aliphatic carbocycles. The van der Waals surface area contributed by atoms with Crippen LogP contribution in [0.5, 0.6) is 0 Å². The van der Waals surface area contributed by atoms with E-state index in [4.69, 9.17) is 0 Å². The van der Waals surface area contributed by atoms with Gasteiger partial charge in [-0.15, -0.1) is 0 Å². The summed E-state index contributed by atoms with van der Waals surface area (Å²) >= 11 is 0. The zero-order chi connectivity index (χ0) is 16.6. The average Bonchev–Trinajstić information content (AvgIpc) is 2.50. The highest BCUT2D eigenvalue weighted by molar-refractivity contribution is 6.03. The summed E-state index contributed by atoms with van der Waals surface area (Å²) in [4.78, 5) is 28.9. The van der Waals surface area contributed by atoms with Crippen LogP contribution in [-0.2, 0) is 7.05 Å². The molecule has 0 unspecified atom stereocenters. The number of pyridine rings is 1. The highest BCUT2D eigenvalue weighted by Gasteiger charge is 2.17. The van der Waals surface area contributed by atoms with Gasteiger partial charge in [-0.3, -0.25) is 14.3 Å². The lowest BCUT2D eigenvalue weighted by Gasteiger charge is -2.08. The maximum Gasteiger partial charge on any atom is 0.281 e. The molecule has 2 heterocycles. The first kappa shape index (κ1) is 14.8. The Balaban J connectivity index is 2.07. The number of carbonyl (C=O) groups is 1. The molecule has 0 spiro atoms. The number of aromatic nitrogens is 3. The Kier molecular flexibility index (Phi) is 3.61. The van der Waals surface area contributed by atoms with Gasteiger partial charge in [0.1, 0.15) is 11.6 Å². The van der Waals surface area contributed by atoms with Crippen molar-refractivity contribution >= 4 is 22.6 Å². The van der Waals surface area contributed by atoms with Gasteiger partial charge in [-0.05, 0) is 37.3 Å². The van der Waals surface area contributed by atoms with Crippen LogP contribution in [0.25, 0.3) is 10.9 Å². The van der Waals surface area contributed by atoms with E-state index in [0.717, 1.165) is 11.8 Å². The molecular weight excluding hydrogens is 299 g/mol. The molecule has 3 aromatic rings. The maximum atomic E-state index is 13.4. The van der Waals surface area contributed by atoms with E-state index in [1.807, 2.05) is 0 Å². The Bertz CT molecular complexity index is 981. The first-order valence-electron chi connectivity index (χ1n) is 6.87. The molecule has 0 aliphatic rings. The van der Waals surface area contributed by atoms with Gasteiger partial charge in [0.2, 0.25) is 5.43 Å². The van der Waals surface area contributed by atoms with Crippen molar-refractivity contribution in [2.45, 2.75) is 6.92 Å². The standard InChI is InChI=1S/C16H13FN4O2/c1-9-4-3-5-13(18-9)19-16(23)14-15(22)11-8-10(17)6-7-12(11)21(2)20-14/h3-8H,1-2H3,(H,18,19,23). The molecule has 3 rings (SSSR count). The van der Waals surface area contributed by atoms with Gasteiger partial charge in [0.05, 0.1) is 10.9 Å². The number of nitrogens with zero attached hydrogens (tertiary/aromatic N) is 3. The van der Waals surface area contributed by atoms with Crippen molar-refractivity contribution in [1.82, 2.24) is 14.8 Å². The molecule has 1 N–H and O–H groups in total. The monoisotopic (exact) mass is 312 g/mol. The van der Waals surface area contributed by atoms with E-state index >= 15 is 0 Å². The Hall–Kier alpha value is -3.09. The lowest BCUT2D eigenvalue weighted by Crippen LogP contribution is -2.26. The van der Waals surface area contributed by atoms with Gasteiger partial charge in [0, 0.05) is 12.7 Å². The van der Waals surface area contributed by atoms with Crippen LogP contribution in [0.4, 0.5) is 10.2 Å². The molecule has 0 aliphatic heterocycles. The number of halogens is 1. The summed E-state index contributed by atoms with van der Waals surface area (Å²) in [7, 11) is 1.58. The number of fused-ring (bicyclic) bond motifs is 1. The van der Waals surface area contributed by atoms with Crippen LogP contribution < -0.4 is 10.7 Å². The molecule has 1 aromatic carbocycles. The van der Waals surface area contributed by atoms with E-state index in [-0.39, 0.29) is 11.1 Å². The number of aryl methyl sites for hydroxylation is 2. The van der Waals surface area contributed by atoms with Crippen molar-refractivity contribution in [3.05, 3.63) is 63.8 Å². The topological polar surface area (TPSA) is 76.9 Å². The number of benzene rings is 1. The summed E-state index contributed by atoms with van der Waals surface area (Å²) in [5, 5.41) is 6.62. The number of amides is 1. The Labute approximate surface area is 130 Å². The van der Waals surface area contributed by atoms with Gasteiger partial charge in [-0.25, -0.2) is 9.37 Å². The summed E-state index contributed by atoms with van der Waals surface area (Å²) in [5.74, 6) is -0.916. The number of nitrogens with one attached hydrogen (secondary N) is 1. The lowest BCUT2D eigenvalue weighted by atomic mass is 10.2. The second-order valence-electron chi connectivity index (χ2n) is 5.08. The van der Waals surface area contributed by atoms with Gasteiger partial charge < -0.3 is 5.32 Å². The summed E-state index contributed by atoms with van der Waals surface area (Å²) in [6.07, 6.45) is 0. The van der Waals surface area contributed by atoms with Gasteiger partial charge in [0.25, 0.3) is 5.91 Å². The van der Waals surface area contributed by atoms with Crippen LogP contribution in [0.1, 0.15) is 16.2 Å². The zero-order valence-electron chi connectivity index (χ0n) is 12.5. The van der Waals surface area contributed by atoms with Crippen LogP contribution in [0.15, 0.2) is 41.2 Å². The van der Waals surface area contributed by atoms with Crippen molar-refractivity contribution in [2.75, 3.05) is 5.32 Å². The Morgan fingerprint density at radius 1 is 1.26 bits per heavy atom. The Morgan fingerprint density at radius 2 is 2.04 bits per heavy atom. The second-order valence-corrected chi connectivity index (χ2v) is 5.08. The molecule has 0 atom stereocenters. The molecule has 0 saturated heterocycles. The fourth-order valence-electron chi connectivity index (χ4n) is 2.29. The van der Waals surface area contributed by atoms with Gasteiger partial charge >= 0.3 is 0 Å². The molecule has 116 valence electrons. The minimum atomic E-state index is -0.685. The average molecular weight is 312 g/mol. The first-order chi connectivity index (χ1) is 11.0. The molecule has 23 heavy (non-hydrogen) atoms. The van der Waals surface area contributed by atoms with Crippen LogP contribution >= 0.6 is 0 Å². The van der Waals surface area contributed by atoms with Gasteiger partial charge in [0.15, 0.2) is 5.69 Å². The number of carbonyl (C=O) groups excluding carboxylic acids is 1. The molecule has 2 aromatic heterocycles. The smallest absolute Gasteiger partial charge is 0.281 e. The predicted molar refractivity (Wildman–Crippen MR) is 83.9 cm³/mol. The fraction of sp³-hybridized carbons (Fsp3) is 0.125. The summed E-state index contributed by atoms with van der Waals surface area (Å²) < 4.78 is 14.8. The number of hydrogen-bond donors (Lipinski definition) is 1.